The fourth-order valence-corrected chi connectivity index (χ4v) is 3.19. The number of likely N-dealkylation sites (tertiary alicyclic amines) is 1. The number of hydrogen-bond acceptors (Lipinski definition) is 5. The van der Waals surface area contributed by atoms with Gasteiger partial charge in [0.2, 0.25) is 5.91 Å². The van der Waals surface area contributed by atoms with Gasteiger partial charge in [0.15, 0.2) is 0 Å². The van der Waals surface area contributed by atoms with Crippen molar-refractivity contribution in [2.45, 2.75) is 45.6 Å². The molecule has 0 spiro atoms. The number of H-pyrrole nitrogens is 1. The Morgan fingerprint density at radius 2 is 2.21 bits per heavy atom. The Morgan fingerprint density at radius 1 is 1.42 bits per heavy atom. The predicted molar refractivity (Wildman–Crippen MR) is 85.1 cm³/mol. The number of rotatable bonds is 4. The molecule has 1 saturated heterocycles. The standard InChI is InChI=1S/C16H21N5O3/c1-9-11(10(2)24-20-9)7-15(22)21-6-4-3-5-14(21)12-8-13(16(17)23)19-18-12/h8,14H,3-7H2,1-2H3,(H2,17,23)(H,18,19). The van der Waals surface area contributed by atoms with E-state index in [1.807, 2.05) is 18.7 Å². The number of nitrogens with zero attached hydrogens (tertiary/aromatic N) is 3. The molecule has 3 heterocycles. The van der Waals surface area contributed by atoms with E-state index < -0.39 is 5.91 Å². The van der Waals surface area contributed by atoms with E-state index >= 15 is 0 Å². The van der Waals surface area contributed by atoms with Crippen molar-refractivity contribution < 1.29 is 14.1 Å². The Labute approximate surface area is 139 Å². The lowest BCUT2D eigenvalue weighted by atomic mass is 9.97. The van der Waals surface area contributed by atoms with E-state index in [4.69, 9.17) is 10.3 Å². The Bertz CT molecular complexity index is 744. The largest absolute Gasteiger partial charge is 0.364 e. The summed E-state index contributed by atoms with van der Waals surface area (Å²) in [4.78, 5) is 25.9. The maximum atomic E-state index is 12.8. The van der Waals surface area contributed by atoms with E-state index in [0.29, 0.717) is 12.3 Å². The molecule has 0 saturated carbocycles. The summed E-state index contributed by atoms with van der Waals surface area (Å²) < 4.78 is 5.14. The van der Waals surface area contributed by atoms with Crippen LogP contribution in [0.1, 0.15) is 58.5 Å². The summed E-state index contributed by atoms with van der Waals surface area (Å²) in [5.74, 6) is 0.109. The molecule has 0 aromatic carbocycles. The highest BCUT2D eigenvalue weighted by Gasteiger charge is 2.30. The van der Waals surface area contributed by atoms with E-state index in [-0.39, 0.29) is 24.1 Å². The van der Waals surface area contributed by atoms with E-state index in [1.165, 1.54) is 0 Å². The zero-order valence-corrected chi connectivity index (χ0v) is 13.8. The third-order valence-corrected chi connectivity index (χ3v) is 4.54. The number of carbonyl (C=O) groups excluding carboxylic acids is 2. The van der Waals surface area contributed by atoms with Crippen molar-refractivity contribution in [1.82, 2.24) is 20.3 Å². The highest BCUT2D eigenvalue weighted by Crippen LogP contribution is 2.31. The maximum absolute atomic E-state index is 12.8. The van der Waals surface area contributed by atoms with Crippen molar-refractivity contribution in [3.05, 3.63) is 34.5 Å². The quantitative estimate of drug-likeness (QED) is 0.878. The van der Waals surface area contributed by atoms with Crippen molar-refractivity contribution in [2.75, 3.05) is 6.54 Å². The molecular weight excluding hydrogens is 310 g/mol. The van der Waals surface area contributed by atoms with Crippen LogP contribution in [0.3, 0.4) is 0 Å². The van der Waals surface area contributed by atoms with E-state index in [9.17, 15) is 9.59 Å². The summed E-state index contributed by atoms with van der Waals surface area (Å²) in [5, 5.41) is 10.7. The monoisotopic (exact) mass is 331 g/mol. The fraction of sp³-hybridized carbons (Fsp3) is 0.500. The van der Waals surface area contributed by atoms with Crippen LogP contribution in [0.4, 0.5) is 0 Å². The molecule has 3 rings (SSSR count). The first-order valence-corrected chi connectivity index (χ1v) is 8.03. The van der Waals surface area contributed by atoms with Crippen LogP contribution in [0.15, 0.2) is 10.6 Å². The predicted octanol–water partition coefficient (Wildman–Crippen LogP) is 1.41. The second-order valence-corrected chi connectivity index (χ2v) is 6.15. The number of piperidine rings is 1. The molecule has 0 radical (unpaired) electrons. The lowest BCUT2D eigenvalue weighted by Gasteiger charge is -2.35. The van der Waals surface area contributed by atoms with Gasteiger partial charge in [-0.1, -0.05) is 5.16 Å². The number of amides is 2. The van der Waals surface area contributed by atoms with Crippen LogP contribution < -0.4 is 5.73 Å². The van der Waals surface area contributed by atoms with Crippen molar-refractivity contribution in [1.29, 1.82) is 0 Å². The molecule has 0 bridgehead atoms. The molecule has 1 aliphatic rings. The van der Waals surface area contributed by atoms with Gasteiger partial charge >= 0.3 is 0 Å². The van der Waals surface area contributed by atoms with Crippen molar-refractivity contribution >= 4 is 11.8 Å². The lowest BCUT2D eigenvalue weighted by molar-refractivity contribution is -0.134. The number of hydrogen-bond donors (Lipinski definition) is 2. The minimum absolute atomic E-state index is 0.0179. The van der Waals surface area contributed by atoms with Gasteiger partial charge in [-0.05, 0) is 39.2 Å². The van der Waals surface area contributed by atoms with Crippen LogP contribution >= 0.6 is 0 Å². The smallest absolute Gasteiger partial charge is 0.269 e. The highest BCUT2D eigenvalue weighted by atomic mass is 16.5. The van der Waals surface area contributed by atoms with Gasteiger partial charge in [-0.2, -0.15) is 5.10 Å². The molecule has 8 heteroatoms. The topological polar surface area (TPSA) is 118 Å². The average molecular weight is 331 g/mol. The second kappa shape index (κ2) is 6.46. The minimum atomic E-state index is -0.582. The third-order valence-electron chi connectivity index (χ3n) is 4.54. The number of primary amides is 1. The van der Waals surface area contributed by atoms with Crippen molar-refractivity contribution in [3.63, 3.8) is 0 Å². The van der Waals surface area contributed by atoms with Gasteiger partial charge in [0.05, 0.1) is 23.9 Å². The molecule has 2 amide bonds. The first-order valence-electron chi connectivity index (χ1n) is 8.03. The number of carbonyl (C=O) groups is 2. The molecule has 2 aromatic rings. The lowest BCUT2D eigenvalue weighted by Crippen LogP contribution is -2.39. The van der Waals surface area contributed by atoms with Crippen LogP contribution in [0.25, 0.3) is 0 Å². The number of nitrogens with one attached hydrogen (secondary N) is 1. The normalized spacial score (nSPS) is 17.9. The molecule has 1 atom stereocenters. The van der Waals surface area contributed by atoms with Gasteiger partial charge in [-0.15, -0.1) is 0 Å². The molecule has 1 aliphatic heterocycles. The minimum Gasteiger partial charge on any atom is -0.364 e. The molecule has 3 N–H and O–H groups in total. The number of aromatic amines is 1. The molecule has 1 fully saturated rings. The van der Waals surface area contributed by atoms with Crippen LogP contribution in [-0.2, 0) is 11.2 Å². The summed E-state index contributed by atoms with van der Waals surface area (Å²) in [6.45, 7) is 4.32. The summed E-state index contributed by atoms with van der Waals surface area (Å²) in [6.07, 6.45) is 3.06. The van der Waals surface area contributed by atoms with Gasteiger partial charge in [0.25, 0.3) is 5.91 Å². The van der Waals surface area contributed by atoms with Gasteiger partial charge in [-0.25, -0.2) is 0 Å². The van der Waals surface area contributed by atoms with Gasteiger partial charge in [0.1, 0.15) is 11.5 Å². The summed E-state index contributed by atoms with van der Waals surface area (Å²) in [7, 11) is 0. The molecule has 0 aliphatic carbocycles. The first-order chi connectivity index (χ1) is 11.5. The van der Waals surface area contributed by atoms with Crippen LogP contribution in [0.5, 0.6) is 0 Å². The Kier molecular flexibility index (Phi) is 4.37. The first kappa shape index (κ1) is 16.2. The number of aromatic nitrogens is 3. The summed E-state index contributed by atoms with van der Waals surface area (Å²) >= 11 is 0. The van der Waals surface area contributed by atoms with Gasteiger partial charge in [-0.3, -0.25) is 14.7 Å². The summed E-state index contributed by atoms with van der Waals surface area (Å²) in [5.41, 5.74) is 7.77. The Morgan fingerprint density at radius 3 is 2.83 bits per heavy atom. The van der Waals surface area contributed by atoms with E-state index in [1.54, 1.807) is 6.07 Å². The SMILES string of the molecule is Cc1noc(C)c1CC(=O)N1CCCCC1c1cc(C(N)=O)n[nH]1. The third kappa shape index (κ3) is 3.04. The number of nitrogens with two attached hydrogens (primary N) is 1. The molecule has 1 unspecified atom stereocenters. The zero-order valence-electron chi connectivity index (χ0n) is 13.8. The molecule has 2 aromatic heterocycles. The van der Waals surface area contributed by atoms with Crippen LogP contribution in [-0.4, -0.2) is 38.6 Å². The van der Waals surface area contributed by atoms with Crippen molar-refractivity contribution in [2.24, 2.45) is 5.73 Å². The molecule has 128 valence electrons. The van der Waals surface area contributed by atoms with E-state index in [2.05, 4.69) is 15.4 Å². The fourth-order valence-electron chi connectivity index (χ4n) is 3.19. The van der Waals surface area contributed by atoms with Gasteiger partial charge < -0.3 is 15.2 Å². The highest BCUT2D eigenvalue weighted by molar-refractivity contribution is 5.90. The molecular formula is C16H21N5O3. The average Bonchev–Trinajstić information content (AvgIpc) is 3.17. The van der Waals surface area contributed by atoms with E-state index in [0.717, 1.165) is 36.2 Å². The number of aryl methyl sites for hydroxylation is 2. The molecule has 8 nitrogen and oxygen atoms in total. The van der Waals surface area contributed by atoms with Crippen LogP contribution in [0, 0.1) is 13.8 Å². The summed E-state index contributed by atoms with van der Waals surface area (Å²) in [6, 6.07) is 1.52. The Balaban J connectivity index is 1.81. The second-order valence-electron chi connectivity index (χ2n) is 6.15. The zero-order chi connectivity index (χ0) is 17.3. The van der Waals surface area contributed by atoms with Crippen LogP contribution in [0.2, 0.25) is 0 Å². The van der Waals surface area contributed by atoms with Gasteiger partial charge in [0, 0.05) is 12.1 Å². The Hall–Kier alpha value is -2.64. The maximum Gasteiger partial charge on any atom is 0.269 e. The molecule has 24 heavy (non-hydrogen) atoms. The van der Waals surface area contributed by atoms with Crippen molar-refractivity contribution in [3.8, 4) is 0 Å².